The van der Waals surface area contributed by atoms with Gasteiger partial charge in [-0.25, -0.2) is 4.98 Å². The molecule has 0 radical (unpaired) electrons. The van der Waals surface area contributed by atoms with E-state index in [9.17, 15) is 4.79 Å². The zero-order valence-corrected chi connectivity index (χ0v) is 13.8. The van der Waals surface area contributed by atoms with Crippen molar-refractivity contribution in [2.45, 2.75) is 20.3 Å². The Bertz CT molecular complexity index is 658. The van der Waals surface area contributed by atoms with E-state index >= 15 is 0 Å². The van der Waals surface area contributed by atoms with Crippen molar-refractivity contribution in [3.05, 3.63) is 35.2 Å². The minimum Gasteiger partial charge on any atom is -0.375 e. The van der Waals surface area contributed by atoms with Crippen LogP contribution in [0.5, 0.6) is 0 Å². The smallest absolute Gasteiger partial charge is 0.266 e. The molecule has 1 aliphatic rings. The lowest BCUT2D eigenvalue weighted by Crippen LogP contribution is -2.42. The van der Waals surface area contributed by atoms with Crippen molar-refractivity contribution in [1.82, 2.24) is 9.88 Å². The number of carbonyl (C=O) groups excluding carboxylic acids is 1. The number of rotatable bonds is 2. The van der Waals surface area contributed by atoms with Crippen LogP contribution in [0.3, 0.4) is 0 Å². The van der Waals surface area contributed by atoms with E-state index in [1.54, 1.807) is 0 Å². The number of aromatic nitrogens is 1. The second kappa shape index (κ2) is 6.08. The Morgan fingerprint density at radius 2 is 1.86 bits per heavy atom. The summed E-state index contributed by atoms with van der Waals surface area (Å²) >= 11 is 1.29. The molecule has 1 amide bonds. The Labute approximate surface area is 135 Å². The topological polar surface area (TPSA) is 59.2 Å². The van der Waals surface area contributed by atoms with E-state index in [0.29, 0.717) is 27.5 Å². The summed E-state index contributed by atoms with van der Waals surface area (Å²) in [5.74, 6) is 1.14. The Morgan fingerprint density at radius 3 is 2.50 bits per heavy atom. The summed E-state index contributed by atoms with van der Waals surface area (Å²) < 4.78 is 0. The number of hydrogen-bond donors (Lipinski definition) is 1. The maximum Gasteiger partial charge on any atom is 0.266 e. The van der Waals surface area contributed by atoms with Crippen LogP contribution in [0.2, 0.25) is 0 Å². The number of amides is 1. The normalized spacial score (nSPS) is 21.8. The molecule has 5 heteroatoms. The number of nitrogens with two attached hydrogens (primary N) is 1. The molecule has 22 heavy (non-hydrogen) atoms. The predicted octanol–water partition coefficient (Wildman–Crippen LogP) is 3.51. The van der Waals surface area contributed by atoms with Gasteiger partial charge < -0.3 is 10.6 Å². The maximum atomic E-state index is 12.9. The molecule has 2 atom stereocenters. The summed E-state index contributed by atoms with van der Waals surface area (Å²) in [4.78, 5) is 19.9. The molecule has 1 aromatic carbocycles. The molecule has 116 valence electrons. The zero-order chi connectivity index (χ0) is 15.7. The molecule has 1 aromatic heterocycles. The first-order valence-corrected chi connectivity index (χ1v) is 8.47. The summed E-state index contributed by atoms with van der Waals surface area (Å²) in [6.45, 7) is 6.04. The van der Waals surface area contributed by atoms with Gasteiger partial charge in [0.05, 0.1) is 5.69 Å². The van der Waals surface area contributed by atoms with E-state index < -0.39 is 0 Å². The van der Waals surface area contributed by atoms with E-state index in [1.165, 1.54) is 17.8 Å². The maximum absolute atomic E-state index is 12.9. The fraction of sp³-hybridized carbons (Fsp3) is 0.412. The third kappa shape index (κ3) is 2.99. The average molecular weight is 315 g/mol. The summed E-state index contributed by atoms with van der Waals surface area (Å²) in [5.41, 5.74) is 7.52. The van der Waals surface area contributed by atoms with E-state index in [2.05, 4.69) is 18.8 Å². The molecule has 1 aliphatic heterocycles. The van der Waals surface area contributed by atoms with Gasteiger partial charge in [-0.15, -0.1) is 0 Å². The number of piperidine rings is 1. The lowest BCUT2D eigenvalue weighted by Gasteiger charge is -2.34. The Morgan fingerprint density at radius 1 is 1.23 bits per heavy atom. The van der Waals surface area contributed by atoms with Crippen LogP contribution in [-0.2, 0) is 0 Å². The summed E-state index contributed by atoms with van der Waals surface area (Å²) in [6, 6.07) is 9.78. The second-order valence-corrected chi connectivity index (χ2v) is 7.28. The Balaban J connectivity index is 1.93. The Hall–Kier alpha value is -1.88. The van der Waals surface area contributed by atoms with Gasteiger partial charge in [0.1, 0.15) is 4.88 Å². The molecule has 0 bridgehead atoms. The molecule has 2 unspecified atom stereocenters. The zero-order valence-electron chi connectivity index (χ0n) is 13.0. The highest BCUT2D eigenvalue weighted by Crippen LogP contribution is 2.32. The molecular formula is C17H21N3OS. The molecule has 1 fully saturated rings. The minimum atomic E-state index is 0.0615. The SMILES string of the molecule is CC1CC(C)CN(C(=O)c2sc(N)nc2-c2ccccc2)C1. The lowest BCUT2D eigenvalue weighted by atomic mass is 9.92. The number of nitrogens with zero attached hydrogens (tertiary/aromatic N) is 2. The van der Waals surface area contributed by atoms with Crippen molar-refractivity contribution in [2.24, 2.45) is 11.8 Å². The molecule has 1 saturated heterocycles. The van der Waals surface area contributed by atoms with Gasteiger partial charge in [-0.3, -0.25) is 4.79 Å². The van der Waals surface area contributed by atoms with Crippen LogP contribution in [-0.4, -0.2) is 28.9 Å². The van der Waals surface area contributed by atoms with Crippen LogP contribution in [0.25, 0.3) is 11.3 Å². The number of anilines is 1. The quantitative estimate of drug-likeness (QED) is 0.922. The van der Waals surface area contributed by atoms with Crippen molar-refractivity contribution in [1.29, 1.82) is 0 Å². The number of benzene rings is 1. The summed E-state index contributed by atoms with van der Waals surface area (Å²) in [7, 11) is 0. The van der Waals surface area contributed by atoms with Gasteiger partial charge in [0, 0.05) is 18.7 Å². The Kier molecular flexibility index (Phi) is 4.16. The largest absolute Gasteiger partial charge is 0.375 e. The highest BCUT2D eigenvalue weighted by atomic mass is 32.1. The van der Waals surface area contributed by atoms with Crippen LogP contribution in [0.4, 0.5) is 5.13 Å². The van der Waals surface area contributed by atoms with E-state index in [-0.39, 0.29) is 5.91 Å². The number of hydrogen-bond acceptors (Lipinski definition) is 4. The van der Waals surface area contributed by atoms with Gasteiger partial charge in [0.15, 0.2) is 5.13 Å². The van der Waals surface area contributed by atoms with Crippen LogP contribution in [0.1, 0.15) is 29.9 Å². The molecule has 0 spiro atoms. The standard InChI is InChI=1S/C17H21N3OS/c1-11-8-12(2)10-20(9-11)16(21)15-14(19-17(18)22-15)13-6-4-3-5-7-13/h3-7,11-12H,8-10H2,1-2H3,(H2,18,19). The van der Waals surface area contributed by atoms with Crippen LogP contribution in [0, 0.1) is 11.8 Å². The predicted molar refractivity (Wildman–Crippen MR) is 90.8 cm³/mol. The average Bonchev–Trinajstić information content (AvgIpc) is 2.88. The van der Waals surface area contributed by atoms with Gasteiger partial charge in [0.2, 0.25) is 0 Å². The highest BCUT2D eigenvalue weighted by molar-refractivity contribution is 7.17. The first-order valence-electron chi connectivity index (χ1n) is 7.65. The molecule has 0 saturated carbocycles. The van der Waals surface area contributed by atoms with Gasteiger partial charge in [-0.05, 0) is 18.3 Å². The molecule has 3 rings (SSSR count). The van der Waals surface area contributed by atoms with Crippen molar-refractivity contribution < 1.29 is 4.79 Å². The number of carbonyl (C=O) groups is 1. The van der Waals surface area contributed by atoms with E-state index in [0.717, 1.165) is 18.7 Å². The lowest BCUT2D eigenvalue weighted by molar-refractivity contribution is 0.0628. The van der Waals surface area contributed by atoms with Crippen molar-refractivity contribution in [3.63, 3.8) is 0 Å². The van der Waals surface area contributed by atoms with Crippen molar-refractivity contribution in [3.8, 4) is 11.3 Å². The molecule has 2 N–H and O–H groups in total. The molecular weight excluding hydrogens is 294 g/mol. The fourth-order valence-corrected chi connectivity index (χ4v) is 4.07. The molecule has 4 nitrogen and oxygen atoms in total. The molecule has 2 heterocycles. The van der Waals surface area contributed by atoms with Crippen LogP contribution >= 0.6 is 11.3 Å². The van der Waals surface area contributed by atoms with Crippen LogP contribution in [0.15, 0.2) is 30.3 Å². The highest BCUT2D eigenvalue weighted by Gasteiger charge is 2.29. The number of nitrogen functional groups attached to an aromatic ring is 1. The first-order chi connectivity index (χ1) is 10.5. The minimum absolute atomic E-state index is 0.0615. The van der Waals surface area contributed by atoms with Gasteiger partial charge in [-0.2, -0.15) is 0 Å². The summed E-state index contributed by atoms with van der Waals surface area (Å²) in [6.07, 6.45) is 1.18. The molecule has 2 aromatic rings. The molecule has 0 aliphatic carbocycles. The van der Waals surface area contributed by atoms with Crippen molar-refractivity contribution in [2.75, 3.05) is 18.8 Å². The summed E-state index contributed by atoms with van der Waals surface area (Å²) in [5, 5.41) is 0.445. The van der Waals surface area contributed by atoms with E-state index in [1.807, 2.05) is 35.2 Å². The third-order valence-corrected chi connectivity index (χ3v) is 4.91. The number of likely N-dealkylation sites (tertiary alicyclic amines) is 1. The van der Waals surface area contributed by atoms with Crippen molar-refractivity contribution >= 4 is 22.4 Å². The monoisotopic (exact) mass is 315 g/mol. The van der Waals surface area contributed by atoms with Gasteiger partial charge in [-0.1, -0.05) is 55.5 Å². The van der Waals surface area contributed by atoms with Gasteiger partial charge >= 0.3 is 0 Å². The number of thiazole rings is 1. The van der Waals surface area contributed by atoms with Gasteiger partial charge in [0.25, 0.3) is 5.91 Å². The third-order valence-electron chi connectivity index (χ3n) is 4.04. The van der Waals surface area contributed by atoms with E-state index in [4.69, 9.17) is 5.73 Å². The fourth-order valence-electron chi connectivity index (χ4n) is 3.25. The second-order valence-electron chi connectivity index (χ2n) is 6.25. The van der Waals surface area contributed by atoms with Crippen LogP contribution < -0.4 is 5.73 Å². The first kappa shape index (κ1) is 15.0.